The van der Waals surface area contributed by atoms with Gasteiger partial charge in [0, 0.05) is 19.2 Å². The SMILES string of the molecule is CCOC(CC)C(Cc1ccn(C2CCCCC2)n1)NN. The Hall–Kier alpha value is -0.910. The molecule has 1 fully saturated rings. The number of nitrogens with two attached hydrogens (primary N) is 1. The fourth-order valence-electron chi connectivity index (χ4n) is 3.29. The van der Waals surface area contributed by atoms with Gasteiger partial charge in [-0.25, -0.2) is 0 Å². The molecule has 3 N–H and O–H groups in total. The molecule has 1 aliphatic carbocycles. The summed E-state index contributed by atoms with van der Waals surface area (Å²) in [5.41, 5.74) is 4.00. The summed E-state index contributed by atoms with van der Waals surface area (Å²) < 4.78 is 7.92. The number of hydrazine groups is 1. The van der Waals surface area contributed by atoms with E-state index < -0.39 is 0 Å². The third-order valence-corrected chi connectivity index (χ3v) is 4.49. The van der Waals surface area contributed by atoms with Crippen molar-refractivity contribution < 1.29 is 4.74 Å². The van der Waals surface area contributed by atoms with E-state index in [0.29, 0.717) is 12.6 Å². The van der Waals surface area contributed by atoms with Gasteiger partial charge in [0.25, 0.3) is 0 Å². The number of nitrogens with zero attached hydrogens (tertiary/aromatic N) is 2. The van der Waals surface area contributed by atoms with E-state index in [1.807, 2.05) is 6.92 Å². The minimum Gasteiger partial charge on any atom is -0.377 e. The fraction of sp³-hybridized carbons (Fsp3) is 0.812. The van der Waals surface area contributed by atoms with Crippen LogP contribution in [-0.2, 0) is 11.2 Å². The molecule has 1 aliphatic rings. The molecule has 2 atom stereocenters. The molecule has 120 valence electrons. The summed E-state index contributed by atoms with van der Waals surface area (Å²) in [5.74, 6) is 5.71. The molecule has 0 bridgehead atoms. The zero-order valence-electron chi connectivity index (χ0n) is 13.4. The minimum absolute atomic E-state index is 0.115. The van der Waals surface area contributed by atoms with Crippen molar-refractivity contribution >= 4 is 0 Å². The molecule has 0 aromatic carbocycles. The van der Waals surface area contributed by atoms with Crippen molar-refractivity contribution in [1.82, 2.24) is 15.2 Å². The number of aromatic nitrogens is 2. The van der Waals surface area contributed by atoms with E-state index in [1.54, 1.807) is 0 Å². The molecule has 0 aliphatic heterocycles. The zero-order valence-corrected chi connectivity index (χ0v) is 13.4. The molecule has 1 saturated carbocycles. The average Bonchev–Trinajstić information content (AvgIpc) is 3.00. The lowest BCUT2D eigenvalue weighted by atomic mass is 9.96. The molecule has 1 aromatic rings. The molecule has 2 unspecified atom stereocenters. The van der Waals surface area contributed by atoms with Crippen molar-refractivity contribution in [2.75, 3.05) is 6.61 Å². The lowest BCUT2D eigenvalue weighted by Gasteiger charge is -2.25. The van der Waals surface area contributed by atoms with Crippen molar-refractivity contribution in [1.29, 1.82) is 0 Å². The fourth-order valence-corrected chi connectivity index (χ4v) is 3.29. The molecule has 2 rings (SSSR count). The van der Waals surface area contributed by atoms with Gasteiger partial charge in [0.1, 0.15) is 0 Å². The van der Waals surface area contributed by atoms with Crippen molar-refractivity contribution in [2.45, 2.75) is 77.0 Å². The van der Waals surface area contributed by atoms with Crippen molar-refractivity contribution in [2.24, 2.45) is 5.84 Å². The van der Waals surface area contributed by atoms with Crippen LogP contribution in [0.25, 0.3) is 0 Å². The third-order valence-electron chi connectivity index (χ3n) is 4.49. The second-order valence-corrected chi connectivity index (χ2v) is 5.96. The number of ether oxygens (including phenoxy) is 1. The molecule has 0 amide bonds. The van der Waals surface area contributed by atoms with Crippen LogP contribution < -0.4 is 11.3 Å². The largest absolute Gasteiger partial charge is 0.377 e. The van der Waals surface area contributed by atoms with E-state index in [9.17, 15) is 0 Å². The average molecular weight is 294 g/mol. The highest BCUT2D eigenvalue weighted by molar-refractivity contribution is 5.03. The molecule has 21 heavy (non-hydrogen) atoms. The van der Waals surface area contributed by atoms with Crippen LogP contribution in [0.1, 0.15) is 64.1 Å². The monoisotopic (exact) mass is 294 g/mol. The van der Waals surface area contributed by atoms with Gasteiger partial charge in [-0.1, -0.05) is 26.2 Å². The van der Waals surface area contributed by atoms with E-state index in [1.165, 1.54) is 32.1 Å². The molecular formula is C16H30N4O. The maximum absolute atomic E-state index is 5.76. The Morgan fingerprint density at radius 2 is 2.14 bits per heavy atom. The molecule has 0 radical (unpaired) electrons. The highest BCUT2D eigenvalue weighted by Crippen LogP contribution is 2.27. The van der Waals surface area contributed by atoms with Gasteiger partial charge in [0.2, 0.25) is 0 Å². The van der Waals surface area contributed by atoms with Crippen molar-refractivity contribution in [3.05, 3.63) is 18.0 Å². The molecule has 5 heteroatoms. The molecule has 5 nitrogen and oxygen atoms in total. The maximum Gasteiger partial charge on any atom is 0.0742 e. The first-order valence-corrected chi connectivity index (χ1v) is 8.40. The lowest BCUT2D eigenvalue weighted by Crippen LogP contribution is -2.46. The summed E-state index contributed by atoms with van der Waals surface area (Å²) in [6, 6.07) is 2.83. The smallest absolute Gasteiger partial charge is 0.0742 e. The second-order valence-electron chi connectivity index (χ2n) is 5.96. The van der Waals surface area contributed by atoms with Crippen LogP contribution in [0.4, 0.5) is 0 Å². The minimum atomic E-state index is 0.115. The summed E-state index contributed by atoms with van der Waals surface area (Å²) in [4.78, 5) is 0. The van der Waals surface area contributed by atoms with Crippen molar-refractivity contribution in [3.63, 3.8) is 0 Å². The predicted octanol–water partition coefficient (Wildman–Crippen LogP) is 2.58. The summed E-state index contributed by atoms with van der Waals surface area (Å²) in [7, 11) is 0. The lowest BCUT2D eigenvalue weighted by molar-refractivity contribution is 0.0316. The number of nitrogens with one attached hydrogen (secondary N) is 1. The van der Waals surface area contributed by atoms with Gasteiger partial charge in [-0.3, -0.25) is 16.0 Å². The van der Waals surface area contributed by atoms with Gasteiger partial charge in [-0.05, 0) is 32.3 Å². The first kappa shape index (κ1) is 16.5. The maximum atomic E-state index is 5.76. The van der Waals surface area contributed by atoms with Gasteiger partial charge in [0.05, 0.1) is 23.9 Å². The van der Waals surface area contributed by atoms with Gasteiger partial charge in [-0.2, -0.15) is 5.10 Å². The van der Waals surface area contributed by atoms with Gasteiger partial charge in [-0.15, -0.1) is 0 Å². The van der Waals surface area contributed by atoms with E-state index >= 15 is 0 Å². The Kier molecular flexibility index (Phi) is 6.67. The molecular weight excluding hydrogens is 264 g/mol. The highest BCUT2D eigenvalue weighted by Gasteiger charge is 2.21. The summed E-state index contributed by atoms with van der Waals surface area (Å²) in [5, 5.41) is 4.76. The van der Waals surface area contributed by atoms with E-state index in [2.05, 4.69) is 29.3 Å². The number of hydrogen-bond donors (Lipinski definition) is 2. The normalized spacial score (nSPS) is 19.6. The van der Waals surface area contributed by atoms with Gasteiger partial charge < -0.3 is 4.74 Å². The van der Waals surface area contributed by atoms with Crippen LogP contribution in [-0.4, -0.2) is 28.5 Å². The molecule has 1 aromatic heterocycles. The standard InChI is InChI=1S/C16H30N4O/c1-3-16(21-4-2)15(18-17)12-13-10-11-20(19-13)14-8-6-5-7-9-14/h10-11,14-16,18H,3-9,12,17H2,1-2H3. The Morgan fingerprint density at radius 1 is 1.38 bits per heavy atom. The quantitative estimate of drug-likeness (QED) is 0.571. The van der Waals surface area contributed by atoms with E-state index in [-0.39, 0.29) is 12.1 Å². The first-order chi connectivity index (χ1) is 10.3. The second kappa shape index (κ2) is 8.51. The third kappa shape index (κ3) is 4.53. The molecule has 0 spiro atoms. The Morgan fingerprint density at radius 3 is 2.76 bits per heavy atom. The van der Waals surface area contributed by atoms with Crippen LogP contribution in [0.15, 0.2) is 12.3 Å². The topological polar surface area (TPSA) is 65.1 Å². The summed E-state index contributed by atoms with van der Waals surface area (Å²) in [6.07, 6.45) is 10.6. The van der Waals surface area contributed by atoms with Crippen molar-refractivity contribution in [3.8, 4) is 0 Å². The van der Waals surface area contributed by atoms with E-state index in [4.69, 9.17) is 15.7 Å². The predicted molar refractivity (Wildman–Crippen MR) is 84.9 cm³/mol. The number of hydrogen-bond acceptors (Lipinski definition) is 4. The van der Waals surface area contributed by atoms with Crippen LogP contribution >= 0.6 is 0 Å². The van der Waals surface area contributed by atoms with Gasteiger partial charge in [0.15, 0.2) is 0 Å². The zero-order chi connectivity index (χ0) is 15.1. The van der Waals surface area contributed by atoms with Crippen LogP contribution in [0.5, 0.6) is 0 Å². The Bertz CT molecular complexity index is 401. The van der Waals surface area contributed by atoms with Crippen LogP contribution in [0.2, 0.25) is 0 Å². The first-order valence-electron chi connectivity index (χ1n) is 8.40. The van der Waals surface area contributed by atoms with Crippen LogP contribution in [0.3, 0.4) is 0 Å². The summed E-state index contributed by atoms with van der Waals surface area (Å²) in [6.45, 7) is 4.87. The Balaban J connectivity index is 1.96. The molecule has 1 heterocycles. The molecule has 0 saturated heterocycles. The van der Waals surface area contributed by atoms with Crippen LogP contribution in [0, 0.1) is 0 Å². The highest BCUT2D eigenvalue weighted by atomic mass is 16.5. The van der Waals surface area contributed by atoms with E-state index in [0.717, 1.165) is 18.5 Å². The van der Waals surface area contributed by atoms with Gasteiger partial charge >= 0.3 is 0 Å². The summed E-state index contributed by atoms with van der Waals surface area (Å²) >= 11 is 0. The Labute approximate surface area is 128 Å². The number of rotatable bonds is 8.